The number of nitriles is 1. The van der Waals surface area contributed by atoms with E-state index in [9.17, 15) is 0 Å². The van der Waals surface area contributed by atoms with Gasteiger partial charge >= 0.3 is 0 Å². The largest absolute Gasteiger partial charge is 0.387 e. The summed E-state index contributed by atoms with van der Waals surface area (Å²) < 4.78 is 0. The lowest BCUT2D eigenvalue weighted by molar-refractivity contribution is 0.198. The Morgan fingerprint density at radius 1 is 1.33 bits per heavy atom. The molecule has 0 saturated heterocycles. The van der Waals surface area contributed by atoms with Gasteiger partial charge in [0, 0.05) is 0 Å². The van der Waals surface area contributed by atoms with Gasteiger partial charge in [-0.25, -0.2) is 0 Å². The molecule has 1 aliphatic carbocycles. The number of aliphatic hydroxyl groups is 1. The van der Waals surface area contributed by atoms with Gasteiger partial charge in [0.1, 0.15) is 0 Å². The first-order chi connectivity index (χ1) is 4.34. The quantitative estimate of drug-likeness (QED) is 0.510. The smallest absolute Gasteiger partial charge is 0.0941 e. The second-order valence-corrected chi connectivity index (χ2v) is 1.92. The normalized spacial score (nSPS) is 32.0. The fourth-order valence-electron chi connectivity index (χ4n) is 0.715. The van der Waals surface area contributed by atoms with Crippen LogP contribution in [0.4, 0.5) is 0 Å². The van der Waals surface area contributed by atoms with Crippen molar-refractivity contribution in [3.05, 3.63) is 24.3 Å². The minimum absolute atomic E-state index is 0.352. The second kappa shape index (κ2) is 2.47. The summed E-state index contributed by atoms with van der Waals surface area (Å²) in [5.74, 6) is -0.352. The zero-order valence-electron chi connectivity index (χ0n) is 4.86. The van der Waals surface area contributed by atoms with Crippen molar-refractivity contribution >= 4 is 0 Å². The second-order valence-electron chi connectivity index (χ2n) is 1.92. The highest BCUT2D eigenvalue weighted by atomic mass is 16.3. The van der Waals surface area contributed by atoms with E-state index in [0.29, 0.717) is 0 Å². The molecular formula is C7H7NO. The third kappa shape index (κ3) is 1.18. The van der Waals surface area contributed by atoms with Gasteiger partial charge in [0.15, 0.2) is 0 Å². The average Bonchev–Trinajstić information content (AvgIpc) is 1.89. The molecule has 2 heteroatoms. The molecule has 0 aromatic rings. The first-order valence-electron chi connectivity index (χ1n) is 2.77. The molecule has 46 valence electrons. The highest BCUT2D eigenvalue weighted by molar-refractivity contribution is 5.19. The van der Waals surface area contributed by atoms with E-state index >= 15 is 0 Å². The molecule has 0 aromatic carbocycles. The van der Waals surface area contributed by atoms with Crippen molar-refractivity contribution in [1.82, 2.24) is 0 Å². The highest BCUT2D eigenvalue weighted by Crippen LogP contribution is 2.10. The van der Waals surface area contributed by atoms with E-state index in [0.717, 1.165) is 0 Å². The van der Waals surface area contributed by atoms with E-state index in [2.05, 4.69) is 0 Å². The van der Waals surface area contributed by atoms with E-state index < -0.39 is 6.10 Å². The number of hydrogen-bond donors (Lipinski definition) is 1. The molecule has 9 heavy (non-hydrogen) atoms. The maximum absolute atomic E-state index is 9.01. The van der Waals surface area contributed by atoms with Gasteiger partial charge in [-0.3, -0.25) is 0 Å². The SMILES string of the molecule is N#CC1C=CC=CC1O. The van der Waals surface area contributed by atoms with Crippen LogP contribution in [0.1, 0.15) is 0 Å². The predicted molar refractivity (Wildman–Crippen MR) is 33.4 cm³/mol. The summed E-state index contributed by atoms with van der Waals surface area (Å²) in [6.07, 6.45) is 6.18. The van der Waals surface area contributed by atoms with Crippen LogP contribution in [-0.2, 0) is 0 Å². The molecule has 2 unspecified atom stereocenters. The van der Waals surface area contributed by atoms with Crippen molar-refractivity contribution in [2.45, 2.75) is 6.10 Å². The topological polar surface area (TPSA) is 44.0 Å². The van der Waals surface area contributed by atoms with Gasteiger partial charge in [-0.05, 0) is 0 Å². The van der Waals surface area contributed by atoms with Gasteiger partial charge in [0.25, 0.3) is 0 Å². The van der Waals surface area contributed by atoms with Crippen LogP contribution in [-0.4, -0.2) is 11.2 Å². The fraction of sp³-hybridized carbons (Fsp3) is 0.286. The van der Waals surface area contributed by atoms with Gasteiger partial charge in [-0.15, -0.1) is 0 Å². The Labute approximate surface area is 53.7 Å². The Hall–Kier alpha value is -1.07. The van der Waals surface area contributed by atoms with Crippen LogP contribution in [0.15, 0.2) is 24.3 Å². The minimum Gasteiger partial charge on any atom is -0.387 e. The molecule has 1 aliphatic rings. The molecule has 0 amide bonds. The van der Waals surface area contributed by atoms with Crippen molar-refractivity contribution in [2.24, 2.45) is 5.92 Å². The Kier molecular flexibility index (Phi) is 1.66. The summed E-state index contributed by atoms with van der Waals surface area (Å²) in [7, 11) is 0. The van der Waals surface area contributed by atoms with Gasteiger partial charge < -0.3 is 5.11 Å². The van der Waals surface area contributed by atoms with Crippen LogP contribution >= 0.6 is 0 Å². The molecule has 0 radical (unpaired) electrons. The predicted octanol–water partition coefficient (Wildman–Crippen LogP) is 0.613. The van der Waals surface area contributed by atoms with Gasteiger partial charge in [0.05, 0.1) is 18.1 Å². The zero-order valence-corrected chi connectivity index (χ0v) is 4.86. The van der Waals surface area contributed by atoms with E-state index in [1.165, 1.54) is 0 Å². The third-order valence-corrected chi connectivity index (χ3v) is 1.25. The van der Waals surface area contributed by atoms with Crippen LogP contribution in [0.5, 0.6) is 0 Å². The lowest BCUT2D eigenvalue weighted by Gasteiger charge is -2.09. The standard InChI is InChI=1S/C7H7NO/c8-5-6-3-1-2-4-7(6)9/h1-4,6-7,9H. The molecule has 0 bridgehead atoms. The molecule has 0 heterocycles. The van der Waals surface area contributed by atoms with E-state index in [-0.39, 0.29) is 5.92 Å². The Balaban J connectivity index is 2.68. The monoisotopic (exact) mass is 121 g/mol. The maximum atomic E-state index is 9.01. The number of rotatable bonds is 0. The summed E-state index contributed by atoms with van der Waals surface area (Å²) in [6, 6.07) is 1.97. The van der Waals surface area contributed by atoms with E-state index in [1.807, 2.05) is 6.07 Å². The Bertz CT molecular complexity index is 188. The van der Waals surface area contributed by atoms with Crippen LogP contribution in [0.2, 0.25) is 0 Å². The highest BCUT2D eigenvalue weighted by Gasteiger charge is 2.13. The molecule has 2 atom stereocenters. The molecule has 0 aliphatic heterocycles. The lowest BCUT2D eigenvalue weighted by Crippen LogP contribution is -2.15. The summed E-state index contributed by atoms with van der Waals surface area (Å²) in [5.41, 5.74) is 0. The van der Waals surface area contributed by atoms with Gasteiger partial charge in [-0.2, -0.15) is 5.26 Å². The number of allylic oxidation sites excluding steroid dienone is 2. The van der Waals surface area contributed by atoms with Crippen LogP contribution in [0.25, 0.3) is 0 Å². The number of hydrogen-bond acceptors (Lipinski definition) is 2. The molecule has 0 saturated carbocycles. The van der Waals surface area contributed by atoms with Crippen LogP contribution in [0, 0.1) is 17.2 Å². The molecule has 2 nitrogen and oxygen atoms in total. The first-order valence-corrected chi connectivity index (χ1v) is 2.77. The van der Waals surface area contributed by atoms with E-state index in [1.54, 1.807) is 24.3 Å². The summed E-state index contributed by atoms with van der Waals surface area (Å²) in [6.45, 7) is 0. The van der Waals surface area contributed by atoms with Gasteiger partial charge in [0.2, 0.25) is 0 Å². The number of aliphatic hydroxyl groups excluding tert-OH is 1. The summed E-state index contributed by atoms with van der Waals surface area (Å²) in [5, 5.41) is 17.4. The molecule has 1 rings (SSSR count). The van der Waals surface area contributed by atoms with Gasteiger partial charge in [-0.1, -0.05) is 24.3 Å². The average molecular weight is 121 g/mol. The zero-order chi connectivity index (χ0) is 6.69. The fourth-order valence-corrected chi connectivity index (χ4v) is 0.715. The van der Waals surface area contributed by atoms with Crippen molar-refractivity contribution in [3.8, 4) is 6.07 Å². The minimum atomic E-state index is -0.611. The molecule has 0 spiro atoms. The molecule has 1 N–H and O–H groups in total. The van der Waals surface area contributed by atoms with Crippen molar-refractivity contribution in [3.63, 3.8) is 0 Å². The van der Waals surface area contributed by atoms with Crippen molar-refractivity contribution in [1.29, 1.82) is 5.26 Å². The first kappa shape index (κ1) is 6.06. The molecule has 0 fully saturated rings. The van der Waals surface area contributed by atoms with Crippen molar-refractivity contribution < 1.29 is 5.11 Å². The van der Waals surface area contributed by atoms with Crippen LogP contribution < -0.4 is 0 Å². The third-order valence-electron chi connectivity index (χ3n) is 1.25. The number of nitrogens with zero attached hydrogens (tertiary/aromatic N) is 1. The Morgan fingerprint density at radius 2 is 2.00 bits per heavy atom. The maximum Gasteiger partial charge on any atom is 0.0941 e. The van der Waals surface area contributed by atoms with Crippen molar-refractivity contribution in [2.75, 3.05) is 0 Å². The lowest BCUT2D eigenvalue weighted by atomic mass is 10.00. The van der Waals surface area contributed by atoms with E-state index in [4.69, 9.17) is 10.4 Å². The summed E-state index contributed by atoms with van der Waals surface area (Å²) in [4.78, 5) is 0. The summed E-state index contributed by atoms with van der Waals surface area (Å²) >= 11 is 0. The molecule has 0 aromatic heterocycles. The Morgan fingerprint density at radius 3 is 2.44 bits per heavy atom. The van der Waals surface area contributed by atoms with Crippen LogP contribution in [0.3, 0.4) is 0 Å². The molecular weight excluding hydrogens is 114 g/mol.